The highest BCUT2D eigenvalue weighted by Gasteiger charge is 2.42. The Hall–Kier alpha value is -3.93. The maximum atomic E-state index is 14.0. The summed E-state index contributed by atoms with van der Waals surface area (Å²) in [6.07, 6.45) is -0.308. The Labute approximate surface area is 257 Å². The first-order valence-electron chi connectivity index (χ1n) is 14.4. The molecule has 1 N–H and O–H groups in total. The largest absolute Gasteiger partial charge is 0.482 e. The molecule has 5 rings (SSSR count). The van der Waals surface area contributed by atoms with Gasteiger partial charge in [0.1, 0.15) is 11.6 Å². The predicted octanol–water partition coefficient (Wildman–Crippen LogP) is 9.45. The molecule has 43 heavy (non-hydrogen) atoms. The lowest BCUT2D eigenvalue weighted by molar-refractivity contribution is -0.139. The van der Waals surface area contributed by atoms with E-state index in [0.717, 1.165) is 33.4 Å². The topological polar surface area (TPSA) is 55.8 Å². The third-order valence-corrected chi connectivity index (χ3v) is 8.90. The van der Waals surface area contributed by atoms with Crippen molar-refractivity contribution in [1.29, 1.82) is 0 Å². The zero-order chi connectivity index (χ0) is 30.7. The van der Waals surface area contributed by atoms with Crippen LogP contribution in [0.4, 0.5) is 4.39 Å². The van der Waals surface area contributed by atoms with Crippen molar-refractivity contribution < 1.29 is 23.8 Å². The molecule has 6 heteroatoms. The first-order chi connectivity index (χ1) is 20.6. The number of ether oxygens (including phenoxy) is 2. The molecule has 0 saturated carbocycles. The predicted molar refractivity (Wildman–Crippen MR) is 168 cm³/mol. The molecule has 0 unspecified atom stereocenters. The molecule has 1 fully saturated rings. The smallest absolute Gasteiger partial charge is 0.341 e. The molecule has 0 spiro atoms. The van der Waals surface area contributed by atoms with Crippen molar-refractivity contribution in [2.45, 2.75) is 50.7 Å². The summed E-state index contributed by atoms with van der Waals surface area (Å²) in [5, 5.41) is 10.1. The number of rotatable bonds is 9. The van der Waals surface area contributed by atoms with E-state index in [1.807, 2.05) is 61.5 Å². The van der Waals surface area contributed by atoms with Crippen molar-refractivity contribution in [3.05, 3.63) is 148 Å². The molecular weight excluding hydrogens is 563 g/mol. The molecule has 4 aromatic carbocycles. The highest BCUT2D eigenvalue weighted by atomic mass is 35.5. The average molecular weight is 599 g/mol. The van der Waals surface area contributed by atoms with Crippen molar-refractivity contribution in [1.82, 2.24) is 0 Å². The summed E-state index contributed by atoms with van der Waals surface area (Å²) in [5.41, 5.74) is 5.27. The van der Waals surface area contributed by atoms with Gasteiger partial charge in [-0.15, -0.1) is 0 Å². The lowest BCUT2D eigenvalue weighted by Gasteiger charge is -2.43. The highest BCUT2D eigenvalue weighted by Crippen LogP contribution is 2.54. The first-order valence-corrected chi connectivity index (χ1v) is 14.8. The van der Waals surface area contributed by atoms with Gasteiger partial charge in [-0.05, 0) is 65.9 Å². The molecule has 1 aliphatic rings. The van der Waals surface area contributed by atoms with E-state index < -0.39 is 24.8 Å². The quantitative estimate of drug-likeness (QED) is 0.195. The van der Waals surface area contributed by atoms with Crippen LogP contribution in [0.15, 0.2) is 109 Å². The molecule has 1 heterocycles. The van der Waals surface area contributed by atoms with Gasteiger partial charge in [0.25, 0.3) is 0 Å². The van der Waals surface area contributed by atoms with Gasteiger partial charge in [0.2, 0.25) is 0 Å². The zero-order valence-electron chi connectivity index (χ0n) is 24.6. The van der Waals surface area contributed by atoms with Crippen molar-refractivity contribution >= 4 is 17.6 Å². The van der Waals surface area contributed by atoms with Crippen molar-refractivity contribution in [2.24, 2.45) is 5.92 Å². The van der Waals surface area contributed by atoms with Crippen LogP contribution in [0.5, 0.6) is 5.75 Å². The summed E-state index contributed by atoms with van der Waals surface area (Å²) in [5.74, 6) is -1.22. The number of hydrogen-bond donors (Lipinski definition) is 1. The van der Waals surface area contributed by atoms with E-state index in [9.17, 15) is 14.3 Å². The highest BCUT2D eigenvalue weighted by molar-refractivity contribution is 6.31. The Morgan fingerprint density at radius 2 is 1.63 bits per heavy atom. The second kappa shape index (κ2) is 12.7. The number of hydrogen-bond acceptors (Lipinski definition) is 3. The Morgan fingerprint density at radius 1 is 0.953 bits per heavy atom. The van der Waals surface area contributed by atoms with E-state index in [1.165, 1.54) is 12.1 Å². The molecule has 4 nitrogen and oxygen atoms in total. The zero-order valence-corrected chi connectivity index (χ0v) is 25.4. The van der Waals surface area contributed by atoms with E-state index in [1.54, 1.807) is 12.1 Å². The van der Waals surface area contributed by atoms with Crippen LogP contribution in [0.25, 0.3) is 0 Å². The summed E-state index contributed by atoms with van der Waals surface area (Å²) in [7, 11) is 0. The number of carboxylic acid groups (broad SMARTS) is 1. The number of benzene rings is 4. The van der Waals surface area contributed by atoms with Gasteiger partial charge in [-0.25, -0.2) is 9.18 Å². The fourth-order valence-corrected chi connectivity index (χ4v) is 6.38. The van der Waals surface area contributed by atoms with Gasteiger partial charge in [0.05, 0.1) is 12.2 Å². The summed E-state index contributed by atoms with van der Waals surface area (Å²) < 4.78 is 26.9. The monoisotopic (exact) mass is 598 g/mol. The number of carbonyl (C=O) groups is 1. The minimum absolute atomic E-state index is 0.135. The fourth-order valence-electron chi connectivity index (χ4n) is 6.10. The maximum Gasteiger partial charge on any atom is 0.341 e. The minimum atomic E-state index is -1.07. The Bertz CT molecular complexity index is 1600. The Morgan fingerprint density at radius 3 is 2.28 bits per heavy atom. The molecule has 0 bridgehead atoms. The molecule has 0 aromatic heterocycles. The SMILES string of the molecule is C=C(C)[C@H]1C[C@H](c2ccccc2Cl)[C@H](c2ccc(F)cc2)O[C@@H]1c1cc(C(C)(C)c2ccccc2)ccc1OCC(=O)O. The Balaban J connectivity index is 1.65. The Kier molecular flexibility index (Phi) is 9.05. The molecule has 1 saturated heterocycles. The van der Waals surface area contributed by atoms with Crippen LogP contribution < -0.4 is 4.74 Å². The van der Waals surface area contributed by atoms with E-state index in [0.29, 0.717) is 17.2 Å². The lowest BCUT2D eigenvalue weighted by atomic mass is 9.72. The molecule has 0 aliphatic carbocycles. The summed E-state index contributed by atoms with van der Waals surface area (Å²) >= 11 is 6.73. The van der Waals surface area contributed by atoms with Crippen LogP contribution in [0.1, 0.15) is 73.1 Å². The summed E-state index contributed by atoms with van der Waals surface area (Å²) in [6, 6.07) is 30.2. The molecule has 0 amide bonds. The van der Waals surface area contributed by atoms with Crippen LogP contribution in [-0.4, -0.2) is 17.7 Å². The van der Waals surface area contributed by atoms with Gasteiger partial charge >= 0.3 is 5.97 Å². The van der Waals surface area contributed by atoms with E-state index in [4.69, 9.17) is 21.1 Å². The van der Waals surface area contributed by atoms with Crippen LogP contribution in [0.2, 0.25) is 5.02 Å². The lowest BCUT2D eigenvalue weighted by Crippen LogP contribution is -2.32. The van der Waals surface area contributed by atoms with Crippen LogP contribution in [-0.2, 0) is 14.9 Å². The van der Waals surface area contributed by atoms with Crippen LogP contribution in [0, 0.1) is 11.7 Å². The maximum absolute atomic E-state index is 14.0. The van der Waals surface area contributed by atoms with Gasteiger partial charge < -0.3 is 14.6 Å². The third-order valence-electron chi connectivity index (χ3n) is 8.55. The van der Waals surface area contributed by atoms with Gasteiger partial charge in [0, 0.05) is 27.8 Å². The third kappa shape index (κ3) is 6.53. The van der Waals surface area contributed by atoms with Crippen LogP contribution >= 0.6 is 11.6 Å². The summed E-state index contributed by atoms with van der Waals surface area (Å²) in [6.45, 7) is 10.2. The molecular formula is C37H36ClFO4. The standard InChI is InChI=1S/C37H36ClFO4/c1-23(2)29-21-30(28-12-8-9-13-32(28)38)35(24-14-17-27(39)18-15-24)43-36(29)31-20-26(16-19-33(31)42-22-34(40)41)37(3,4)25-10-6-5-7-11-25/h5-20,29-30,35-36H,1,21-22H2,2-4H3,(H,40,41)/t29-,30-,35+,36+/m1/s1. The fraction of sp³-hybridized carbons (Fsp3) is 0.270. The normalized spacial score (nSPS) is 20.4. The summed E-state index contributed by atoms with van der Waals surface area (Å²) in [4.78, 5) is 11.5. The minimum Gasteiger partial charge on any atom is -0.482 e. The molecule has 1 aliphatic heterocycles. The van der Waals surface area contributed by atoms with Gasteiger partial charge in [-0.1, -0.05) is 104 Å². The number of halogens is 2. The molecule has 0 radical (unpaired) electrons. The average Bonchev–Trinajstić information content (AvgIpc) is 3.00. The first kappa shape index (κ1) is 30.5. The number of aliphatic carboxylic acids is 1. The van der Waals surface area contributed by atoms with Crippen molar-refractivity contribution in [3.8, 4) is 5.75 Å². The second-order valence-electron chi connectivity index (χ2n) is 11.8. The van der Waals surface area contributed by atoms with E-state index in [-0.39, 0.29) is 23.1 Å². The second-order valence-corrected chi connectivity index (χ2v) is 12.2. The van der Waals surface area contributed by atoms with Crippen LogP contribution in [0.3, 0.4) is 0 Å². The van der Waals surface area contributed by atoms with E-state index in [2.05, 4.69) is 38.6 Å². The molecule has 4 atom stereocenters. The van der Waals surface area contributed by atoms with Gasteiger partial charge in [0.15, 0.2) is 6.61 Å². The molecule has 222 valence electrons. The van der Waals surface area contributed by atoms with Gasteiger partial charge in [-0.2, -0.15) is 0 Å². The molecule has 4 aromatic rings. The number of carboxylic acids is 1. The van der Waals surface area contributed by atoms with E-state index >= 15 is 0 Å². The van der Waals surface area contributed by atoms with Crippen molar-refractivity contribution in [3.63, 3.8) is 0 Å². The van der Waals surface area contributed by atoms with Crippen molar-refractivity contribution in [2.75, 3.05) is 6.61 Å². The van der Waals surface area contributed by atoms with Gasteiger partial charge in [-0.3, -0.25) is 0 Å².